The van der Waals surface area contributed by atoms with Crippen molar-refractivity contribution >= 4 is 35.6 Å². The second kappa shape index (κ2) is 26.6. The van der Waals surface area contributed by atoms with Gasteiger partial charge in [0.1, 0.15) is 12.8 Å². The Hall–Kier alpha value is -6.19. The summed E-state index contributed by atoms with van der Waals surface area (Å²) in [4.78, 5) is 71.2. The second-order valence-corrected chi connectivity index (χ2v) is 15.2. The number of imide groups is 2. The zero-order valence-electron chi connectivity index (χ0n) is 39.4. The standard InChI is InChI=1S/C17H8F13NO5.C11H7F4NO3.C6H2F10O2.C6H15N/c18-7-5-6(8(19)10(21)9(7)20)12(33)31(11(5)32)2-1-3-35-13(34)16(27,17(28,29)30)36-15(25,26)4-14(22,23)24;12-6-4-5(7(13)9(15)8(6)14)11(19)16(10(4)18)2-1-3-17;7-2(17)5(13,6(14,15)16)18-4(11,12)1-3(8,9)10;1-4-7(5-2)6-3/h1-4H2;17H,1-3H2;1H2;4-6H2,1-3H3. The molecule has 0 aromatic heterocycles. The van der Waals surface area contributed by atoms with Crippen molar-refractivity contribution in [2.45, 2.75) is 95.1 Å². The Labute approximate surface area is 427 Å². The molecule has 80 heavy (non-hydrogen) atoms. The third-order valence-electron chi connectivity index (χ3n) is 9.65. The van der Waals surface area contributed by atoms with Crippen LogP contribution in [0.15, 0.2) is 0 Å². The number of aliphatic hydroxyl groups is 1. The summed E-state index contributed by atoms with van der Waals surface area (Å²) in [5.74, 6) is -39.0. The van der Waals surface area contributed by atoms with Crippen molar-refractivity contribution in [3.05, 3.63) is 68.8 Å². The first-order valence-electron chi connectivity index (χ1n) is 21.0. The van der Waals surface area contributed by atoms with Gasteiger partial charge < -0.3 is 14.7 Å². The average molecular weight is 1230 g/mol. The van der Waals surface area contributed by atoms with Crippen LogP contribution in [0.1, 0.15) is 87.9 Å². The van der Waals surface area contributed by atoms with Gasteiger partial charge in [0.2, 0.25) is 0 Å². The Morgan fingerprint density at radius 1 is 0.463 bits per heavy atom. The molecule has 1 N–H and O–H groups in total. The number of carbonyl (C=O) groups excluding carboxylic acids is 6. The molecule has 4 amide bonds. The molecule has 0 radical (unpaired) electrons. The molecule has 456 valence electrons. The number of hydrogen-bond donors (Lipinski definition) is 1. The van der Waals surface area contributed by atoms with Gasteiger partial charge in [0.15, 0.2) is 46.5 Å². The maximum absolute atomic E-state index is 14.0. The number of benzene rings is 2. The smallest absolute Gasteiger partial charge is 0.460 e. The zero-order chi connectivity index (χ0) is 63.0. The molecule has 0 saturated carbocycles. The van der Waals surface area contributed by atoms with Crippen LogP contribution in [0.5, 0.6) is 0 Å². The predicted molar refractivity (Wildman–Crippen MR) is 203 cm³/mol. The summed E-state index contributed by atoms with van der Waals surface area (Å²) < 4.78 is 349. The van der Waals surface area contributed by atoms with Crippen LogP contribution in [0.4, 0.5) is 119 Å². The van der Waals surface area contributed by atoms with Crippen LogP contribution in [0.2, 0.25) is 0 Å². The number of aliphatic hydroxyl groups excluding tert-OH is 1. The molecule has 0 bridgehead atoms. The van der Waals surface area contributed by atoms with Gasteiger partial charge in [-0.2, -0.15) is 83.4 Å². The highest BCUT2D eigenvalue weighted by Crippen LogP contribution is 2.45. The van der Waals surface area contributed by atoms with E-state index in [9.17, 15) is 147 Å². The molecular formula is C40H32F27N3O10. The zero-order valence-corrected chi connectivity index (χ0v) is 39.4. The van der Waals surface area contributed by atoms with E-state index >= 15 is 0 Å². The quantitative estimate of drug-likeness (QED) is 0.0288. The fourth-order valence-corrected chi connectivity index (χ4v) is 5.95. The highest BCUT2D eigenvalue weighted by Gasteiger charge is 2.70. The molecule has 2 aliphatic heterocycles. The maximum Gasteiger partial charge on any atom is 0.460 e. The molecule has 2 atom stereocenters. The minimum Gasteiger partial charge on any atom is -0.461 e. The number of rotatable bonds is 18. The molecule has 40 heteroatoms. The summed E-state index contributed by atoms with van der Waals surface area (Å²) in [5, 5.41) is 8.60. The monoisotopic (exact) mass is 1230 g/mol. The molecule has 4 rings (SSSR count). The molecule has 2 unspecified atom stereocenters. The highest BCUT2D eigenvalue weighted by molar-refractivity contribution is 6.22. The van der Waals surface area contributed by atoms with Crippen molar-refractivity contribution in [3.8, 4) is 0 Å². The van der Waals surface area contributed by atoms with E-state index in [1.54, 1.807) is 0 Å². The molecule has 0 fully saturated rings. The van der Waals surface area contributed by atoms with Crippen molar-refractivity contribution < 1.29 is 167 Å². The van der Waals surface area contributed by atoms with Gasteiger partial charge in [-0.15, -0.1) is 0 Å². The summed E-state index contributed by atoms with van der Waals surface area (Å²) >= 11 is 0. The van der Waals surface area contributed by atoms with Gasteiger partial charge in [0, 0.05) is 19.7 Å². The SMILES string of the molecule is CCN(CC)CC.O=C(F)C(F)(OC(F)(F)CC(F)(F)F)C(F)(F)F.O=C1c2c(F)c(F)c(F)c(F)c2C(=O)N1CCCO.O=C1c2c(F)c(F)c(F)c(F)c2C(=O)N1CCCOC(=O)C(F)(OC(F)(F)CC(F)(F)F)C(F)(F)F. The molecule has 0 saturated heterocycles. The number of esters is 1. The van der Waals surface area contributed by atoms with E-state index in [1.165, 1.54) is 19.6 Å². The van der Waals surface area contributed by atoms with E-state index in [0.717, 1.165) is 0 Å². The first-order valence-corrected chi connectivity index (χ1v) is 21.0. The van der Waals surface area contributed by atoms with Gasteiger partial charge in [-0.25, -0.2) is 39.9 Å². The van der Waals surface area contributed by atoms with Gasteiger partial charge in [0.25, 0.3) is 23.6 Å². The molecule has 0 aliphatic carbocycles. The minimum atomic E-state index is -6.68. The Balaban J connectivity index is 0.000000610. The molecular weight excluding hydrogens is 1200 g/mol. The van der Waals surface area contributed by atoms with Crippen LogP contribution < -0.4 is 0 Å². The Bertz CT molecular complexity index is 2510. The number of amides is 4. The first kappa shape index (κ1) is 71.8. The average Bonchev–Trinajstić information content (AvgIpc) is 3.70. The van der Waals surface area contributed by atoms with Gasteiger partial charge in [-0.05, 0) is 32.5 Å². The number of fused-ring (bicyclic) bond motifs is 2. The summed E-state index contributed by atoms with van der Waals surface area (Å²) in [6, 6.07) is -4.04. The number of hydrogen-bond acceptors (Lipinski definition) is 11. The summed E-state index contributed by atoms with van der Waals surface area (Å²) in [6.45, 7) is 6.93. The van der Waals surface area contributed by atoms with E-state index in [4.69, 9.17) is 5.11 Å². The lowest BCUT2D eigenvalue weighted by Crippen LogP contribution is -2.55. The van der Waals surface area contributed by atoms with Crippen molar-refractivity contribution in [1.29, 1.82) is 0 Å². The van der Waals surface area contributed by atoms with Gasteiger partial charge in [-0.1, -0.05) is 20.8 Å². The molecule has 13 nitrogen and oxygen atoms in total. The van der Waals surface area contributed by atoms with Crippen LogP contribution in [0, 0.1) is 46.5 Å². The summed E-state index contributed by atoms with van der Waals surface area (Å²) in [5.41, 5.74) is -5.29. The third-order valence-corrected chi connectivity index (χ3v) is 9.65. The largest absolute Gasteiger partial charge is 0.461 e. The number of alkyl halides is 18. The summed E-state index contributed by atoms with van der Waals surface area (Å²) in [6.07, 6.45) is -44.2. The van der Waals surface area contributed by atoms with Crippen molar-refractivity contribution in [1.82, 2.24) is 14.7 Å². The topological polar surface area (TPSA) is 160 Å². The van der Waals surface area contributed by atoms with E-state index in [1.807, 2.05) is 0 Å². The number of nitrogens with zero attached hydrogens (tertiary/aromatic N) is 3. The third kappa shape index (κ3) is 17.2. The van der Waals surface area contributed by atoms with E-state index in [0.29, 0.717) is 4.90 Å². The van der Waals surface area contributed by atoms with Gasteiger partial charge in [0.05, 0.1) is 28.9 Å². The lowest BCUT2D eigenvalue weighted by molar-refractivity contribution is -0.411. The van der Waals surface area contributed by atoms with Crippen molar-refractivity contribution in [2.24, 2.45) is 0 Å². The number of ether oxygens (including phenoxy) is 3. The Morgan fingerprint density at radius 3 is 0.963 bits per heavy atom. The van der Waals surface area contributed by atoms with Crippen molar-refractivity contribution in [3.63, 3.8) is 0 Å². The lowest BCUT2D eigenvalue weighted by atomic mass is 10.1. The predicted octanol–water partition coefficient (Wildman–Crippen LogP) is 10.4. The second-order valence-electron chi connectivity index (χ2n) is 15.2. The fourth-order valence-electron chi connectivity index (χ4n) is 5.95. The van der Waals surface area contributed by atoms with E-state index in [-0.39, 0.29) is 24.5 Å². The number of carbonyl (C=O) groups is 6. The summed E-state index contributed by atoms with van der Waals surface area (Å²) in [7, 11) is 0. The van der Waals surface area contributed by atoms with Gasteiger partial charge in [-0.3, -0.25) is 43.2 Å². The van der Waals surface area contributed by atoms with E-state index < -0.39 is 185 Å². The molecule has 2 aromatic rings. The normalized spacial score (nSPS) is 15.6. The maximum atomic E-state index is 14.0. The molecule has 2 aromatic carbocycles. The molecule has 2 heterocycles. The van der Waals surface area contributed by atoms with Gasteiger partial charge >= 0.3 is 60.6 Å². The number of halogens is 27. The minimum absolute atomic E-state index is 0.0142. The lowest BCUT2D eigenvalue weighted by Gasteiger charge is -2.30. The molecule has 0 spiro atoms. The first-order chi connectivity index (χ1) is 36.0. The molecule has 2 aliphatic rings. The Kier molecular flexibility index (Phi) is 23.9. The van der Waals surface area contributed by atoms with Crippen LogP contribution in [0.25, 0.3) is 0 Å². The van der Waals surface area contributed by atoms with E-state index in [2.05, 4.69) is 39.9 Å². The van der Waals surface area contributed by atoms with Crippen LogP contribution in [-0.4, -0.2) is 150 Å². The fraction of sp³-hybridized carbons (Fsp3) is 0.550. The van der Waals surface area contributed by atoms with Crippen molar-refractivity contribution in [2.75, 3.05) is 45.9 Å². The van der Waals surface area contributed by atoms with Crippen LogP contribution >= 0.6 is 0 Å². The Morgan fingerprint density at radius 2 is 0.738 bits per heavy atom. The van der Waals surface area contributed by atoms with Crippen LogP contribution in [-0.2, 0) is 23.8 Å². The highest BCUT2D eigenvalue weighted by atomic mass is 19.4. The van der Waals surface area contributed by atoms with Crippen LogP contribution in [0.3, 0.4) is 0 Å².